The standard InChI is InChI=1S/C17H19N3O3/c21-17(14-7-8-20(19-14)13-3-1-2-4-13)18-12-5-6-15-16(11-12)23-10-9-22-15/h5-8,11,13H,1-4,9-10H2,(H,18,21). The molecule has 23 heavy (non-hydrogen) atoms. The lowest BCUT2D eigenvalue weighted by Gasteiger charge is -2.18. The molecule has 1 aromatic carbocycles. The Morgan fingerprint density at radius 1 is 1.13 bits per heavy atom. The molecule has 6 nitrogen and oxygen atoms in total. The van der Waals surface area contributed by atoms with Gasteiger partial charge < -0.3 is 14.8 Å². The van der Waals surface area contributed by atoms with Crippen molar-refractivity contribution >= 4 is 11.6 Å². The van der Waals surface area contributed by atoms with Crippen LogP contribution in [0.5, 0.6) is 11.5 Å². The normalized spacial score (nSPS) is 17.2. The zero-order valence-electron chi connectivity index (χ0n) is 12.8. The average molecular weight is 313 g/mol. The van der Waals surface area contributed by atoms with Crippen molar-refractivity contribution in [3.8, 4) is 11.5 Å². The maximum atomic E-state index is 12.4. The average Bonchev–Trinajstić information content (AvgIpc) is 3.26. The largest absolute Gasteiger partial charge is 0.486 e. The Bertz CT molecular complexity index is 720. The smallest absolute Gasteiger partial charge is 0.276 e. The maximum Gasteiger partial charge on any atom is 0.276 e. The van der Waals surface area contributed by atoms with Crippen LogP contribution < -0.4 is 14.8 Å². The number of benzene rings is 1. The van der Waals surface area contributed by atoms with Gasteiger partial charge in [-0.05, 0) is 31.0 Å². The molecule has 0 unspecified atom stereocenters. The van der Waals surface area contributed by atoms with Crippen LogP contribution in [0.3, 0.4) is 0 Å². The minimum Gasteiger partial charge on any atom is -0.486 e. The molecule has 4 rings (SSSR count). The molecule has 0 spiro atoms. The molecule has 0 saturated heterocycles. The van der Waals surface area contributed by atoms with Gasteiger partial charge in [-0.1, -0.05) is 12.8 Å². The van der Waals surface area contributed by atoms with Gasteiger partial charge in [0.25, 0.3) is 5.91 Å². The number of nitrogens with one attached hydrogen (secondary N) is 1. The quantitative estimate of drug-likeness (QED) is 0.946. The van der Waals surface area contributed by atoms with Crippen molar-refractivity contribution in [1.82, 2.24) is 9.78 Å². The summed E-state index contributed by atoms with van der Waals surface area (Å²) in [4.78, 5) is 12.4. The number of hydrogen-bond donors (Lipinski definition) is 1. The Kier molecular flexibility index (Phi) is 3.65. The first-order chi connectivity index (χ1) is 11.3. The molecule has 1 aliphatic heterocycles. The molecule has 6 heteroatoms. The second-order valence-electron chi connectivity index (χ2n) is 5.93. The van der Waals surface area contributed by atoms with Crippen molar-refractivity contribution in [3.63, 3.8) is 0 Å². The molecular formula is C17H19N3O3. The van der Waals surface area contributed by atoms with E-state index in [1.165, 1.54) is 12.8 Å². The zero-order chi connectivity index (χ0) is 15.6. The van der Waals surface area contributed by atoms with Crippen LogP contribution in [0.25, 0.3) is 0 Å². The summed E-state index contributed by atoms with van der Waals surface area (Å²) >= 11 is 0. The molecule has 1 N–H and O–H groups in total. The summed E-state index contributed by atoms with van der Waals surface area (Å²) in [7, 11) is 0. The molecule has 2 aliphatic rings. The van der Waals surface area contributed by atoms with Crippen LogP contribution in [0.4, 0.5) is 5.69 Å². The van der Waals surface area contributed by atoms with E-state index in [0.29, 0.717) is 42.1 Å². The van der Waals surface area contributed by atoms with Gasteiger partial charge in [-0.2, -0.15) is 5.10 Å². The van der Waals surface area contributed by atoms with Crippen molar-refractivity contribution in [2.45, 2.75) is 31.7 Å². The molecule has 120 valence electrons. The van der Waals surface area contributed by atoms with E-state index in [1.54, 1.807) is 24.3 Å². The molecule has 2 heterocycles. The van der Waals surface area contributed by atoms with E-state index in [0.717, 1.165) is 12.8 Å². The fourth-order valence-corrected chi connectivity index (χ4v) is 3.15. The van der Waals surface area contributed by atoms with Crippen LogP contribution in [0, 0.1) is 0 Å². The van der Waals surface area contributed by atoms with Crippen molar-refractivity contribution in [2.75, 3.05) is 18.5 Å². The lowest BCUT2D eigenvalue weighted by molar-refractivity contribution is 0.102. The highest BCUT2D eigenvalue weighted by Crippen LogP contribution is 2.33. The lowest BCUT2D eigenvalue weighted by Crippen LogP contribution is -2.17. The Balaban J connectivity index is 1.47. The fourth-order valence-electron chi connectivity index (χ4n) is 3.15. The number of anilines is 1. The van der Waals surface area contributed by atoms with E-state index in [-0.39, 0.29) is 5.91 Å². The van der Waals surface area contributed by atoms with Gasteiger partial charge in [0.15, 0.2) is 17.2 Å². The number of amides is 1. The Labute approximate surface area is 134 Å². The SMILES string of the molecule is O=C(Nc1ccc2c(c1)OCCO2)c1ccn(C2CCCC2)n1. The summed E-state index contributed by atoms with van der Waals surface area (Å²) in [5.41, 5.74) is 1.11. The van der Waals surface area contributed by atoms with E-state index in [2.05, 4.69) is 10.4 Å². The second kappa shape index (κ2) is 5.95. The number of aromatic nitrogens is 2. The molecule has 1 aromatic heterocycles. The summed E-state index contributed by atoms with van der Waals surface area (Å²) in [5, 5.41) is 7.29. The molecule has 0 radical (unpaired) electrons. The van der Waals surface area contributed by atoms with Crippen molar-refractivity contribution in [1.29, 1.82) is 0 Å². The van der Waals surface area contributed by atoms with Gasteiger partial charge in [0.05, 0.1) is 6.04 Å². The van der Waals surface area contributed by atoms with Gasteiger partial charge in [-0.15, -0.1) is 0 Å². The van der Waals surface area contributed by atoms with Crippen LogP contribution in [0.2, 0.25) is 0 Å². The van der Waals surface area contributed by atoms with Crippen LogP contribution in [-0.2, 0) is 0 Å². The first-order valence-corrected chi connectivity index (χ1v) is 8.06. The predicted octanol–water partition coefficient (Wildman–Crippen LogP) is 3.02. The third-order valence-electron chi connectivity index (χ3n) is 4.34. The zero-order valence-corrected chi connectivity index (χ0v) is 12.8. The molecular weight excluding hydrogens is 294 g/mol. The number of ether oxygens (including phenoxy) is 2. The summed E-state index contributed by atoms with van der Waals surface area (Å²) in [6.45, 7) is 1.08. The van der Waals surface area contributed by atoms with Crippen molar-refractivity contribution in [3.05, 3.63) is 36.2 Å². The first-order valence-electron chi connectivity index (χ1n) is 8.06. The monoisotopic (exact) mass is 313 g/mol. The molecule has 0 bridgehead atoms. The molecule has 1 saturated carbocycles. The van der Waals surface area contributed by atoms with Crippen LogP contribution >= 0.6 is 0 Å². The van der Waals surface area contributed by atoms with Gasteiger partial charge >= 0.3 is 0 Å². The Hall–Kier alpha value is -2.50. The van der Waals surface area contributed by atoms with E-state index < -0.39 is 0 Å². The summed E-state index contributed by atoms with van der Waals surface area (Å²) in [6, 6.07) is 7.60. The highest BCUT2D eigenvalue weighted by atomic mass is 16.6. The predicted molar refractivity (Wildman–Crippen MR) is 85.1 cm³/mol. The minimum atomic E-state index is -0.210. The fraction of sp³-hybridized carbons (Fsp3) is 0.412. The number of carbonyl (C=O) groups excluding carboxylic acids is 1. The molecule has 0 atom stereocenters. The third kappa shape index (κ3) is 2.88. The number of fused-ring (bicyclic) bond motifs is 1. The number of nitrogens with zero attached hydrogens (tertiary/aromatic N) is 2. The van der Waals surface area contributed by atoms with E-state index in [9.17, 15) is 4.79 Å². The van der Waals surface area contributed by atoms with E-state index in [1.807, 2.05) is 10.9 Å². The van der Waals surface area contributed by atoms with Gasteiger partial charge in [-0.3, -0.25) is 9.48 Å². The molecule has 1 aliphatic carbocycles. The topological polar surface area (TPSA) is 65.4 Å². The van der Waals surface area contributed by atoms with Crippen LogP contribution in [0.1, 0.15) is 42.2 Å². The Morgan fingerprint density at radius 3 is 2.74 bits per heavy atom. The molecule has 2 aromatic rings. The van der Waals surface area contributed by atoms with Crippen LogP contribution in [-0.4, -0.2) is 28.9 Å². The van der Waals surface area contributed by atoms with Gasteiger partial charge in [0.1, 0.15) is 13.2 Å². The second-order valence-corrected chi connectivity index (χ2v) is 5.93. The summed E-state index contributed by atoms with van der Waals surface area (Å²) in [6.07, 6.45) is 6.66. The molecule has 1 fully saturated rings. The Morgan fingerprint density at radius 2 is 1.91 bits per heavy atom. The van der Waals surface area contributed by atoms with Gasteiger partial charge in [0, 0.05) is 18.0 Å². The highest BCUT2D eigenvalue weighted by molar-refractivity contribution is 6.02. The highest BCUT2D eigenvalue weighted by Gasteiger charge is 2.19. The maximum absolute atomic E-state index is 12.4. The summed E-state index contributed by atoms with van der Waals surface area (Å²) in [5.74, 6) is 1.16. The van der Waals surface area contributed by atoms with E-state index in [4.69, 9.17) is 9.47 Å². The van der Waals surface area contributed by atoms with Crippen molar-refractivity contribution < 1.29 is 14.3 Å². The van der Waals surface area contributed by atoms with Crippen molar-refractivity contribution in [2.24, 2.45) is 0 Å². The van der Waals surface area contributed by atoms with Crippen LogP contribution in [0.15, 0.2) is 30.5 Å². The third-order valence-corrected chi connectivity index (χ3v) is 4.34. The lowest BCUT2D eigenvalue weighted by atomic mass is 10.2. The van der Waals surface area contributed by atoms with Gasteiger partial charge in [0.2, 0.25) is 0 Å². The number of carbonyl (C=O) groups is 1. The number of rotatable bonds is 3. The summed E-state index contributed by atoms with van der Waals surface area (Å²) < 4.78 is 12.9. The number of hydrogen-bond acceptors (Lipinski definition) is 4. The van der Waals surface area contributed by atoms with E-state index >= 15 is 0 Å². The van der Waals surface area contributed by atoms with Gasteiger partial charge in [-0.25, -0.2) is 0 Å². The minimum absolute atomic E-state index is 0.210. The molecule has 1 amide bonds. The first kappa shape index (κ1) is 14.1.